The summed E-state index contributed by atoms with van der Waals surface area (Å²) < 4.78 is 6.17. The maximum Gasteiger partial charge on any atom is 0.316 e. The van der Waals surface area contributed by atoms with Crippen LogP contribution in [0, 0.1) is 6.92 Å². The highest BCUT2D eigenvalue weighted by Crippen LogP contribution is 2.40. The Kier molecular flexibility index (Phi) is 5.22. The van der Waals surface area contributed by atoms with Crippen LogP contribution in [0.5, 0.6) is 5.88 Å². The zero-order chi connectivity index (χ0) is 19.7. The van der Waals surface area contributed by atoms with Crippen molar-refractivity contribution in [3.63, 3.8) is 0 Å². The van der Waals surface area contributed by atoms with E-state index in [1.165, 1.54) is 11.1 Å². The molecule has 2 aliphatic rings. The number of benzene rings is 1. The van der Waals surface area contributed by atoms with Crippen LogP contribution < -0.4 is 15.8 Å². The molecule has 148 valence electrons. The van der Waals surface area contributed by atoms with Crippen molar-refractivity contribution in [2.45, 2.75) is 45.1 Å². The van der Waals surface area contributed by atoms with Gasteiger partial charge in [0, 0.05) is 30.9 Å². The number of likely N-dealkylation sites (tertiary alicyclic amines) is 1. The summed E-state index contributed by atoms with van der Waals surface area (Å²) in [6.45, 7) is 4.17. The number of rotatable bonds is 4. The number of piperidine rings is 1. The van der Waals surface area contributed by atoms with Gasteiger partial charge in [0.25, 0.3) is 0 Å². The number of hydrogen-bond acceptors (Lipinski definition) is 4. The van der Waals surface area contributed by atoms with Gasteiger partial charge in [-0.2, -0.15) is 0 Å². The van der Waals surface area contributed by atoms with Gasteiger partial charge in [0.2, 0.25) is 5.88 Å². The topological polar surface area (TPSA) is 80.5 Å². The average molecular weight is 380 g/mol. The summed E-state index contributed by atoms with van der Waals surface area (Å²) in [7, 11) is 2.14. The molecule has 0 bridgehead atoms. The Labute approximate surface area is 166 Å². The molecule has 6 heteroatoms. The number of carbonyl (C=O) groups excluding carboxylic acids is 1. The lowest BCUT2D eigenvalue weighted by atomic mass is 9.93. The largest absolute Gasteiger partial charge is 0.474 e. The van der Waals surface area contributed by atoms with Crippen LogP contribution in [-0.2, 0) is 12.8 Å². The third-order valence-electron chi connectivity index (χ3n) is 5.82. The summed E-state index contributed by atoms with van der Waals surface area (Å²) in [5.74, 6) is 0.636. The fraction of sp³-hybridized carbons (Fsp3) is 0.455. The van der Waals surface area contributed by atoms with Crippen LogP contribution in [0.25, 0.3) is 11.1 Å². The molecular weight excluding hydrogens is 352 g/mol. The van der Waals surface area contributed by atoms with Crippen LogP contribution >= 0.6 is 0 Å². The van der Waals surface area contributed by atoms with Crippen molar-refractivity contribution in [2.75, 3.05) is 25.5 Å². The molecule has 4 rings (SSSR count). The molecule has 1 aliphatic heterocycles. The third kappa shape index (κ3) is 3.83. The summed E-state index contributed by atoms with van der Waals surface area (Å²) in [6.07, 6.45) is 7.10. The first kappa shape index (κ1) is 18.7. The number of fused-ring (bicyclic) bond motifs is 1. The molecular formula is C22H28N4O2. The molecule has 6 nitrogen and oxygen atoms in total. The summed E-state index contributed by atoms with van der Waals surface area (Å²) in [4.78, 5) is 18.4. The number of nitrogens with two attached hydrogens (primary N) is 1. The number of pyridine rings is 1. The third-order valence-corrected chi connectivity index (χ3v) is 5.82. The Bertz CT molecular complexity index is 888. The van der Waals surface area contributed by atoms with Gasteiger partial charge >= 0.3 is 6.03 Å². The first-order chi connectivity index (χ1) is 13.5. The van der Waals surface area contributed by atoms with Crippen LogP contribution in [0.2, 0.25) is 0 Å². The van der Waals surface area contributed by atoms with Crippen molar-refractivity contribution in [1.29, 1.82) is 0 Å². The maximum absolute atomic E-state index is 11.7. The Hall–Kier alpha value is -2.60. The molecule has 28 heavy (non-hydrogen) atoms. The van der Waals surface area contributed by atoms with Crippen LogP contribution in [-0.4, -0.2) is 42.2 Å². The van der Waals surface area contributed by atoms with E-state index in [4.69, 9.17) is 10.5 Å². The lowest BCUT2D eigenvalue weighted by Gasteiger charge is -2.29. The SMILES string of the molecule is Cc1cc2c(c(NC(N)=O)c1-c1ccnc(OC3CCN(C)CC3)c1)CCC2. The highest BCUT2D eigenvalue weighted by molar-refractivity contribution is 5.96. The van der Waals surface area contributed by atoms with Crippen LogP contribution in [0.3, 0.4) is 0 Å². The second-order valence-corrected chi connectivity index (χ2v) is 7.93. The van der Waals surface area contributed by atoms with E-state index in [1.807, 2.05) is 12.1 Å². The standard InChI is InChI=1S/C22H28N4O2/c1-14-12-15-4-3-5-18(15)21(25-22(23)27)20(14)16-6-9-24-19(13-16)28-17-7-10-26(2)11-8-17/h6,9,12-13,17H,3-5,7-8,10-11H2,1-2H3,(H3,23,25,27). The average Bonchev–Trinajstić information content (AvgIpc) is 3.12. The number of nitrogens with one attached hydrogen (secondary N) is 1. The van der Waals surface area contributed by atoms with Gasteiger partial charge in [-0.3, -0.25) is 0 Å². The van der Waals surface area contributed by atoms with Crippen molar-refractivity contribution in [3.05, 3.63) is 41.1 Å². The van der Waals surface area contributed by atoms with Gasteiger partial charge < -0.3 is 20.7 Å². The minimum atomic E-state index is -0.530. The molecule has 0 atom stereocenters. The smallest absolute Gasteiger partial charge is 0.316 e. The van der Waals surface area contributed by atoms with Gasteiger partial charge in [-0.25, -0.2) is 9.78 Å². The van der Waals surface area contributed by atoms with Gasteiger partial charge in [0.15, 0.2) is 0 Å². The number of hydrogen-bond donors (Lipinski definition) is 2. The van der Waals surface area contributed by atoms with E-state index in [2.05, 4.69) is 35.2 Å². The summed E-state index contributed by atoms with van der Waals surface area (Å²) >= 11 is 0. The van der Waals surface area contributed by atoms with E-state index in [1.54, 1.807) is 6.20 Å². The molecule has 3 N–H and O–H groups in total. The molecule has 0 radical (unpaired) electrons. The molecule has 1 aliphatic carbocycles. The predicted octanol–water partition coefficient (Wildman–Crippen LogP) is 3.51. The lowest BCUT2D eigenvalue weighted by molar-refractivity contribution is 0.110. The quantitative estimate of drug-likeness (QED) is 0.851. The fourth-order valence-corrected chi connectivity index (χ4v) is 4.43. The number of carbonyl (C=O) groups is 1. The number of nitrogens with zero attached hydrogens (tertiary/aromatic N) is 2. The predicted molar refractivity (Wildman–Crippen MR) is 111 cm³/mol. The molecule has 2 heterocycles. The molecule has 2 amide bonds. The monoisotopic (exact) mass is 380 g/mol. The number of anilines is 1. The molecule has 2 aromatic rings. The lowest BCUT2D eigenvalue weighted by Crippen LogP contribution is -2.35. The fourth-order valence-electron chi connectivity index (χ4n) is 4.43. The summed E-state index contributed by atoms with van der Waals surface area (Å²) in [6, 6.07) is 5.66. The van der Waals surface area contributed by atoms with E-state index in [0.29, 0.717) is 5.88 Å². The normalized spacial score (nSPS) is 17.4. The van der Waals surface area contributed by atoms with Gasteiger partial charge in [-0.05, 0) is 74.4 Å². The minimum absolute atomic E-state index is 0.197. The van der Waals surface area contributed by atoms with Gasteiger partial charge in [-0.15, -0.1) is 0 Å². The minimum Gasteiger partial charge on any atom is -0.474 e. The Balaban J connectivity index is 1.68. The van der Waals surface area contributed by atoms with Crippen molar-refractivity contribution >= 4 is 11.7 Å². The number of aromatic nitrogens is 1. The zero-order valence-electron chi connectivity index (χ0n) is 16.6. The van der Waals surface area contributed by atoms with Crippen molar-refractivity contribution in [2.24, 2.45) is 5.73 Å². The van der Waals surface area contributed by atoms with Crippen molar-refractivity contribution in [1.82, 2.24) is 9.88 Å². The van der Waals surface area contributed by atoms with E-state index in [0.717, 1.165) is 67.6 Å². The second kappa shape index (κ2) is 7.80. The molecule has 0 saturated carbocycles. The Morgan fingerprint density at radius 1 is 1.29 bits per heavy atom. The summed E-state index contributed by atoms with van der Waals surface area (Å²) in [5.41, 5.74) is 12.0. The molecule has 1 saturated heterocycles. The van der Waals surface area contributed by atoms with E-state index in [9.17, 15) is 4.79 Å². The van der Waals surface area contributed by atoms with Crippen LogP contribution in [0.15, 0.2) is 24.4 Å². The van der Waals surface area contributed by atoms with Gasteiger partial charge in [-0.1, -0.05) is 6.07 Å². The molecule has 0 spiro atoms. The first-order valence-corrected chi connectivity index (χ1v) is 10.0. The first-order valence-electron chi connectivity index (χ1n) is 10.0. The number of ether oxygens (including phenoxy) is 1. The van der Waals surface area contributed by atoms with Gasteiger partial charge in [0.1, 0.15) is 6.10 Å². The highest BCUT2D eigenvalue weighted by Gasteiger charge is 2.23. The van der Waals surface area contributed by atoms with E-state index >= 15 is 0 Å². The van der Waals surface area contributed by atoms with Crippen molar-refractivity contribution < 1.29 is 9.53 Å². The molecule has 1 fully saturated rings. The number of amides is 2. The van der Waals surface area contributed by atoms with Crippen LogP contribution in [0.4, 0.5) is 10.5 Å². The van der Waals surface area contributed by atoms with Gasteiger partial charge in [0.05, 0.1) is 5.69 Å². The maximum atomic E-state index is 11.7. The molecule has 0 unspecified atom stereocenters. The van der Waals surface area contributed by atoms with E-state index in [-0.39, 0.29) is 6.10 Å². The molecule has 1 aromatic heterocycles. The zero-order valence-corrected chi connectivity index (χ0v) is 16.6. The highest BCUT2D eigenvalue weighted by atomic mass is 16.5. The molecule has 1 aromatic carbocycles. The number of primary amides is 1. The van der Waals surface area contributed by atoms with E-state index < -0.39 is 6.03 Å². The second-order valence-electron chi connectivity index (χ2n) is 7.93. The summed E-state index contributed by atoms with van der Waals surface area (Å²) in [5, 5.41) is 2.89. The Morgan fingerprint density at radius 2 is 2.07 bits per heavy atom. The Morgan fingerprint density at radius 3 is 2.82 bits per heavy atom. The van der Waals surface area contributed by atoms with Crippen LogP contribution in [0.1, 0.15) is 36.0 Å². The number of aryl methyl sites for hydroxylation is 2. The number of urea groups is 1. The van der Waals surface area contributed by atoms with Crippen molar-refractivity contribution in [3.8, 4) is 17.0 Å².